The average molecular weight is 593 g/mol. The molecule has 0 radical (unpaired) electrons. The Hall–Kier alpha value is -4.45. The van der Waals surface area contributed by atoms with Crippen LogP contribution in [0.4, 0.5) is 0 Å². The quantitative estimate of drug-likeness (QED) is 0.0410. The molecule has 0 fully saturated rings. The molecule has 2 amide bonds. The number of hydrogen-bond donors (Lipinski definition) is 7. The third kappa shape index (κ3) is 12.1. The molecule has 0 saturated carbocycles. The molecule has 2 rings (SSSR count). The monoisotopic (exact) mass is 592 g/mol. The largest absolute Gasteiger partial charge is 0.384 e. The summed E-state index contributed by atoms with van der Waals surface area (Å²) in [5, 5.41) is 23.5. The fraction of sp³-hybridized carbons (Fsp3) is 0.478. The molecule has 2 atom stereocenters. The second-order valence-electron chi connectivity index (χ2n) is 9.22. The Morgan fingerprint density at radius 1 is 1.22 bits per heavy atom. The van der Waals surface area contributed by atoms with Gasteiger partial charge < -0.3 is 32.2 Å². The van der Waals surface area contributed by atoms with Crippen LogP contribution in [0, 0.1) is 5.41 Å². The zero-order valence-electron chi connectivity index (χ0n) is 22.6. The first-order chi connectivity index (χ1) is 19.4. The average Bonchev–Trinajstić information content (AvgIpc) is 3.43. The van der Waals surface area contributed by atoms with Crippen LogP contribution in [0.1, 0.15) is 42.6 Å². The highest BCUT2D eigenvalue weighted by atomic mass is 32.2. The van der Waals surface area contributed by atoms with Crippen LogP contribution in [0.3, 0.4) is 0 Å². The molecule has 1 heterocycles. The number of nitrogen functional groups attached to an aromatic ring is 1. The van der Waals surface area contributed by atoms with E-state index in [-0.39, 0.29) is 30.5 Å². The first kappa shape index (κ1) is 32.8. The number of aliphatic imine (C=N–C) groups is 1. The number of nitrogens with one attached hydrogen (secondary N) is 4. The third-order valence-electron chi connectivity index (χ3n) is 5.75. The second-order valence-corrected chi connectivity index (χ2v) is 11.0. The van der Waals surface area contributed by atoms with Gasteiger partial charge in [0.15, 0.2) is 11.8 Å². The van der Waals surface area contributed by atoms with Crippen molar-refractivity contribution in [3.05, 3.63) is 41.2 Å². The van der Waals surface area contributed by atoms with E-state index < -0.39 is 46.2 Å². The Morgan fingerprint density at radius 2 is 1.98 bits per heavy atom. The summed E-state index contributed by atoms with van der Waals surface area (Å²) in [6.07, 6.45) is 2.22. The molecule has 1 aromatic heterocycles. The van der Waals surface area contributed by atoms with Gasteiger partial charge in [-0.25, -0.2) is 13.1 Å². The van der Waals surface area contributed by atoms with Crippen molar-refractivity contribution < 1.29 is 22.8 Å². The van der Waals surface area contributed by atoms with Crippen LogP contribution >= 0.6 is 0 Å². The van der Waals surface area contributed by atoms with Crippen LogP contribution in [0.5, 0.6) is 0 Å². The number of benzene rings is 1. The van der Waals surface area contributed by atoms with Crippen molar-refractivity contribution >= 4 is 39.9 Å². The van der Waals surface area contributed by atoms with Crippen molar-refractivity contribution in [2.75, 3.05) is 20.1 Å². The molecule has 0 bridgehead atoms. The maximum absolute atomic E-state index is 13.3. The van der Waals surface area contributed by atoms with Crippen molar-refractivity contribution in [2.45, 2.75) is 49.9 Å². The zero-order chi connectivity index (χ0) is 30.4. The summed E-state index contributed by atoms with van der Waals surface area (Å²) in [6, 6.07) is 4.14. The van der Waals surface area contributed by atoms with Gasteiger partial charge in [-0.3, -0.25) is 20.0 Å². The molecular weight excluding hydrogens is 556 g/mol. The van der Waals surface area contributed by atoms with Crippen LogP contribution in [0.25, 0.3) is 0 Å². The first-order valence-corrected chi connectivity index (χ1v) is 14.3. The number of sulfonamides is 1. The number of guanidine groups is 1. The van der Waals surface area contributed by atoms with Gasteiger partial charge in [-0.05, 0) is 37.3 Å². The maximum Gasteiger partial charge on any atom is 0.240 e. The van der Waals surface area contributed by atoms with Crippen molar-refractivity contribution in [1.82, 2.24) is 35.6 Å². The molecule has 18 heteroatoms. The van der Waals surface area contributed by atoms with E-state index >= 15 is 0 Å². The molecule has 2 aromatic rings. The molecule has 10 N–H and O–H groups in total. The molecule has 2 unspecified atom stereocenters. The molecule has 0 aliphatic rings. The van der Waals surface area contributed by atoms with Gasteiger partial charge in [-0.2, -0.15) is 5.21 Å². The van der Waals surface area contributed by atoms with Gasteiger partial charge in [-0.15, -0.1) is 10.2 Å². The molecular formula is C23H36N12O5S. The number of aldehydes is 1. The Balaban J connectivity index is 2.04. The van der Waals surface area contributed by atoms with Crippen molar-refractivity contribution in [2.24, 2.45) is 22.2 Å². The maximum atomic E-state index is 13.3. The lowest BCUT2D eigenvalue weighted by molar-refractivity contribution is -0.136. The highest BCUT2D eigenvalue weighted by Gasteiger charge is 2.29. The smallest absolute Gasteiger partial charge is 0.240 e. The summed E-state index contributed by atoms with van der Waals surface area (Å²) in [5.41, 5.74) is 16.8. The summed E-state index contributed by atoms with van der Waals surface area (Å²) in [7, 11) is -2.72. The van der Waals surface area contributed by atoms with Gasteiger partial charge in [-0.1, -0.05) is 23.4 Å². The first-order valence-electron chi connectivity index (χ1n) is 12.6. The lowest BCUT2D eigenvalue weighted by atomic mass is 10.1. The molecule has 224 valence electrons. The Bertz CT molecular complexity index is 1310. The molecule has 0 aliphatic carbocycles. The van der Waals surface area contributed by atoms with E-state index in [2.05, 4.69) is 35.7 Å². The second kappa shape index (κ2) is 16.0. The lowest BCUT2D eigenvalue weighted by Gasteiger charge is -2.24. The minimum Gasteiger partial charge on any atom is -0.384 e. The SMILES string of the molecule is CN(CC(=O)NC(C=O)CCCCN=C(N)N)C(=O)C(CCc1nn[nH]n1)NS(=O)(=O)Cc1cccc(C(=N)N)c1. The Morgan fingerprint density at radius 3 is 2.61 bits per heavy atom. The summed E-state index contributed by atoms with van der Waals surface area (Å²) in [4.78, 5) is 42.2. The van der Waals surface area contributed by atoms with Crippen molar-refractivity contribution in [1.29, 1.82) is 5.41 Å². The van der Waals surface area contributed by atoms with Crippen molar-refractivity contribution in [3.8, 4) is 0 Å². The van der Waals surface area contributed by atoms with Crippen LogP contribution < -0.4 is 27.2 Å². The highest BCUT2D eigenvalue weighted by Crippen LogP contribution is 2.11. The summed E-state index contributed by atoms with van der Waals surface area (Å²) in [5.74, 6) is -1.72. The fourth-order valence-electron chi connectivity index (χ4n) is 3.77. The normalized spacial score (nSPS) is 12.6. The van der Waals surface area contributed by atoms with Crippen LogP contribution in [0.15, 0.2) is 29.3 Å². The zero-order valence-corrected chi connectivity index (χ0v) is 23.4. The number of aromatic nitrogens is 4. The van der Waals surface area contributed by atoms with Gasteiger partial charge in [0.25, 0.3) is 0 Å². The predicted octanol–water partition coefficient (Wildman–Crippen LogP) is -2.51. The van der Waals surface area contributed by atoms with Crippen LogP contribution in [-0.4, -0.2) is 96.1 Å². The number of amides is 2. The number of nitrogens with zero attached hydrogens (tertiary/aromatic N) is 5. The summed E-state index contributed by atoms with van der Waals surface area (Å²) < 4.78 is 28.4. The minimum atomic E-state index is -4.06. The van der Waals surface area contributed by atoms with Gasteiger partial charge in [0.1, 0.15) is 18.2 Å². The van der Waals surface area contributed by atoms with E-state index in [0.29, 0.717) is 43.2 Å². The Labute approximate surface area is 237 Å². The summed E-state index contributed by atoms with van der Waals surface area (Å²) >= 11 is 0. The number of carbonyl (C=O) groups excluding carboxylic acids is 3. The standard InChI is InChI=1S/C23H36N12O5S/c1-35(12-20(37)29-17(13-36)7-2-3-10-28-23(26)27)22(38)18(8-9-19-30-33-34-31-19)32-41(39,40)14-15-5-4-6-16(11-15)21(24)25/h4-6,11,13,17-18,32H,2-3,7-10,12,14H2,1H3,(H3,24,25)(H,29,37)(H4,26,27,28)(H,30,31,33,34). The number of aromatic amines is 1. The Kier molecular flexibility index (Phi) is 12.8. The molecule has 0 saturated heterocycles. The van der Waals surface area contributed by atoms with Crippen molar-refractivity contribution in [3.63, 3.8) is 0 Å². The lowest BCUT2D eigenvalue weighted by Crippen LogP contribution is -2.51. The van der Waals surface area contributed by atoms with Gasteiger partial charge in [0, 0.05) is 25.6 Å². The number of rotatable bonds is 18. The number of unbranched alkanes of at least 4 members (excludes halogenated alkanes) is 1. The molecule has 1 aromatic carbocycles. The number of amidine groups is 1. The molecule has 41 heavy (non-hydrogen) atoms. The van der Waals surface area contributed by atoms with E-state index in [1.54, 1.807) is 18.2 Å². The van der Waals surface area contributed by atoms with E-state index in [1.165, 1.54) is 13.1 Å². The van der Waals surface area contributed by atoms with Crippen LogP contribution in [-0.2, 0) is 36.6 Å². The van der Waals surface area contributed by atoms with Gasteiger partial charge >= 0.3 is 0 Å². The minimum absolute atomic E-state index is 0.0240. The summed E-state index contributed by atoms with van der Waals surface area (Å²) in [6.45, 7) is -0.0271. The number of carbonyl (C=O) groups is 3. The third-order valence-corrected chi connectivity index (χ3v) is 7.10. The van der Waals surface area contributed by atoms with E-state index in [1.807, 2.05) is 0 Å². The number of nitrogens with two attached hydrogens (primary N) is 3. The predicted molar refractivity (Wildman–Crippen MR) is 150 cm³/mol. The number of hydrogen-bond acceptors (Lipinski definition) is 10. The number of tetrazole rings is 1. The van der Waals surface area contributed by atoms with Crippen LogP contribution in [0.2, 0.25) is 0 Å². The fourth-order valence-corrected chi connectivity index (χ4v) is 5.13. The molecule has 0 spiro atoms. The van der Waals surface area contributed by atoms with E-state index in [0.717, 1.165) is 4.90 Å². The topological polar surface area (TPSA) is 281 Å². The van der Waals surface area contributed by atoms with Gasteiger partial charge in [0.2, 0.25) is 21.8 Å². The van der Waals surface area contributed by atoms with E-state index in [9.17, 15) is 22.8 Å². The van der Waals surface area contributed by atoms with Gasteiger partial charge in [0.05, 0.1) is 18.3 Å². The molecule has 0 aliphatic heterocycles. The highest BCUT2D eigenvalue weighted by molar-refractivity contribution is 7.88. The van der Waals surface area contributed by atoms with E-state index in [4.69, 9.17) is 22.6 Å². The number of aryl methyl sites for hydroxylation is 1. The number of H-pyrrole nitrogens is 1. The molecule has 17 nitrogen and oxygen atoms in total. The number of likely N-dealkylation sites (N-methyl/N-ethyl adjacent to an activating group) is 1.